The van der Waals surface area contributed by atoms with E-state index in [9.17, 15) is 4.79 Å². The zero-order chi connectivity index (χ0) is 13.0. The Morgan fingerprint density at radius 3 is 2.33 bits per heavy atom. The van der Waals surface area contributed by atoms with Gasteiger partial charge in [-0.05, 0) is 38.5 Å². The summed E-state index contributed by atoms with van der Waals surface area (Å²) < 4.78 is 0. The number of carbonyl (C=O) groups is 1. The van der Waals surface area contributed by atoms with E-state index in [1.807, 2.05) is 11.9 Å². The number of likely N-dealkylation sites (N-methyl/N-ethyl adjacent to an activating group) is 1. The molecule has 3 nitrogen and oxygen atoms in total. The Morgan fingerprint density at radius 2 is 1.78 bits per heavy atom. The molecule has 1 N–H and O–H groups in total. The van der Waals surface area contributed by atoms with E-state index in [1.165, 1.54) is 51.4 Å². The van der Waals surface area contributed by atoms with Gasteiger partial charge in [-0.25, -0.2) is 0 Å². The van der Waals surface area contributed by atoms with Gasteiger partial charge in [0.1, 0.15) is 0 Å². The fourth-order valence-electron chi connectivity index (χ4n) is 3.02. The number of carbonyl (C=O) groups excluding carboxylic acids is 1. The maximum Gasteiger partial charge on any atom is 0.236 e. The van der Waals surface area contributed by atoms with Crippen LogP contribution in [0.4, 0.5) is 0 Å². The van der Waals surface area contributed by atoms with Crippen LogP contribution in [-0.4, -0.2) is 36.5 Å². The first kappa shape index (κ1) is 13.9. The molecule has 2 aliphatic rings. The molecule has 2 fully saturated rings. The number of hydrogen-bond acceptors (Lipinski definition) is 2. The summed E-state index contributed by atoms with van der Waals surface area (Å²) in [5.74, 6) is 1.03. The molecule has 0 spiro atoms. The molecule has 0 saturated heterocycles. The van der Waals surface area contributed by atoms with Crippen molar-refractivity contribution in [3.8, 4) is 0 Å². The molecule has 0 bridgehead atoms. The van der Waals surface area contributed by atoms with Gasteiger partial charge in [-0.1, -0.05) is 25.7 Å². The molecule has 18 heavy (non-hydrogen) atoms. The normalized spacial score (nSPS) is 23.4. The Labute approximate surface area is 111 Å². The van der Waals surface area contributed by atoms with E-state index in [0.717, 1.165) is 5.92 Å². The smallest absolute Gasteiger partial charge is 0.236 e. The average molecular weight is 252 g/mol. The van der Waals surface area contributed by atoms with Crippen LogP contribution in [-0.2, 0) is 4.79 Å². The van der Waals surface area contributed by atoms with Gasteiger partial charge in [0.05, 0.1) is 6.54 Å². The monoisotopic (exact) mass is 252 g/mol. The van der Waals surface area contributed by atoms with Crippen LogP contribution in [0.1, 0.15) is 58.3 Å². The molecule has 0 unspecified atom stereocenters. The number of nitrogens with one attached hydrogen (secondary N) is 1. The van der Waals surface area contributed by atoms with Gasteiger partial charge in [0, 0.05) is 19.1 Å². The summed E-state index contributed by atoms with van der Waals surface area (Å²) >= 11 is 0. The highest BCUT2D eigenvalue weighted by Crippen LogP contribution is 2.26. The lowest BCUT2D eigenvalue weighted by atomic mass is 9.93. The summed E-state index contributed by atoms with van der Waals surface area (Å²) in [6.07, 6.45) is 10.6. The first-order valence-electron chi connectivity index (χ1n) is 7.67. The third-order valence-corrected chi connectivity index (χ3v) is 4.67. The van der Waals surface area contributed by atoms with E-state index < -0.39 is 0 Å². The molecule has 2 saturated carbocycles. The number of amides is 1. The predicted molar refractivity (Wildman–Crippen MR) is 74.4 cm³/mol. The Balaban J connectivity index is 1.69. The molecule has 0 aromatic heterocycles. The van der Waals surface area contributed by atoms with Crippen molar-refractivity contribution in [3.05, 3.63) is 0 Å². The van der Waals surface area contributed by atoms with Crippen molar-refractivity contribution in [3.63, 3.8) is 0 Å². The molecule has 1 amide bonds. The SMILES string of the molecule is C[C@H](NCC(=O)N(C)C1CC1)C1CCCCCC1. The summed E-state index contributed by atoms with van der Waals surface area (Å²) in [4.78, 5) is 13.9. The Kier molecular flexibility index (Phi) is 5.04. The van der Waals surface area contributed by atoms with E-state index in [4.69, 9.17) is 0 Å². The van der Waals surface area contributed by atoms with Crippen LogP contribution in [0.25, 0.3) is 0 Å². The maximum absolute atomic E-state index is 11.9. The lowest BCUT2D eigenvalue weighted by molar-refractivity contribution is -0.129. The minimum absolute atomic E-state index is 0.262. The highest BCUT2D eigenvalue weighted by atomic mass is 16.2. The van der Waals surface area contributed by atoms with Gasteiger partial charge in [-0.3, -0.25) is 4.79 Å². The lowest BCUT2D eigenvalue weighted by Crippen LogP contribution is -2.42. The highest BCUT2D eigenvalue weighted by molar-refractivity contribution is 5.78. The van der Waals surface area contributed by atoms with E-state index in [-0.39, 0.29) is 5.91 Å². The molecule has 104 valence electrons. The fourth-order valence-corrected chi connectivity index (χ4v) is 3.02. The first-order chi connectivity index (χ1) is 8.68. The topological polar surface area (TPSA) is 32.3 Å². The van der Waals surface area contributed by atoms with Gasteiger partial charge in [-0.2, -0.15) is 0 Å². The van der Waals surface area contributed by atoms with Crippen LogP contribution in [0, 0.1) is 5.92 Å². The zero-order valence-electron chi connectivity index (χ0n) is 12.0. The van der Waals surface area contributed by atoms with Gasteiger partial charge >= 0.3 is 0 Å². The van der Waals surface area contributed by atoms with Gasteiger partial charge in [-0.15, -0.1) is 0 Å². The van der Waals surface area contributed by atoms with Crippen molar-refractivity contribution in [1.82, 2.24) is 10.2 Å². The molecule has 2 rings (SSSR count). The fraction of sp³-hybridized carbons (Fsp3) is 0.933. The number of hydrogen-bond donors (Lipinski definition) is 1. The second-order valence-electron chi connectivity index (χ2n) is 6.16. The van der Waals surface area contributed by atoms with Crippen molar-refractivity contribution >= 4 is 5.91 Å². The van der Waals surface area contributed by atoms with E-state index >= 15 is 0 Å². The van der Waals surface area contributed by atoms with Gasteiger partial charge in [0.2, 0.25) is 5.91 Å². The summed E-state index contributed by atoms with van der Waals surface area (Å²) in [5.41, 5.74) is 0. The number of nitrogens with zero attached hydrogens (tertiary/aromatic N) is 1. The second kappa shape index (κ2) is 6.55. The summed E-state index contributed by atoms with van der Waals surface area (Å²) in [6.45, 7) is 2.77. The Hall–Kier alpha value is -0.570. The van der Waals surface area contributed by atoms with Crippen molar-refractivity contribution < 1.29 is 4.79 Å². The van der Waals surface area contributed by atoms with E-state index in [1.54, 1.807) is 0 Å². The zero-order valence-corrected chi connectivity index (χ0v) is 12.0. The molecule has 0 aliphatic heterocycles. The van der Waals surface area contributed by atoms with E-state index in [0.29, 0.717) is 18.6 Å². The maximum atomic E-state index is 11.9. The second-order valence-corrected chi connectivity index (χ2v) is 6.16. The molecule has 1 atom stereocenters. The molecule has 0 radical (unpaired) electrons. The summed E-state index contributed by atoms with van der Waals surface area (Å²) in [6, 6.07) is 1.02. The van der Waals surface area contributed by atoms with Gasteiger partial charge in [0.25, 0.3) is 0 Å². The van der Waals surface area contributed by atoms with Crippen LogP contribution in [0.2, 0.25) is 0 Å². The minimum Gasteiger partial charge on any atom is -0.342 e. The molecule has 2 aliphatic carbocycles. The quantitative estimate of drug-likeness (QED) is 0.763. The third-order valence-electron chi connectivity index (χ3n) is 4.67. The van der Waals surface area contributed by atoms with Crippen molar-refractivity contribution in [2.24, 2.45) is 5.92 Å². The third kappa shape index (κ3) is 3.98. The van der Waals surface area contributed by atoms with Crippen LogP contribution in [0.5, 0.6) is 0 Å². The van der Waals surface area contributed by atoms with Crippen LogP contribution < -0.4 is 5.32 Å². The molecular weight excluding hydrogens is 224 g/mol. The molecule has 0 aromatic carbocycles. The standard InChI is InChI=1S/C15H28N2O/c1-12(13-7-5-3-4-6-8-13)16-11-15(18)17(2)14-9-10-14/h12-14,16H,3-11H2,1-2H3/t12-/m0/s1. The minimum atomic E-state index is 0.262. The predicted octanol–water partition coefficient (Wildman–Crippen LogP) is 2.56. The first-order valence-corrected chi connectivity index (χ1v) is 7.67. The molecule has 3 heteroatoms. The van der Waals surface area contributed by atoms with Crippen LogP contribution in [0.3, 0.4) is 0 Å². The van der Waals surface area contributed by atoms with Crippen molar-refractivity contribution in [2.45, 2.75) is 70.4 Å². The Morgan fingerprint density at radius 1 is 1.17 bits per heavy atom. The van der Waals surface area contributed by atoms with Crippen LogP contribution >= 0.6 is 0 Å². The molecule has 0 heterocycles. The van der Waals surface area contributed by atoms with Crippen molar-refractivity contribution in [1.29, 1.82) is 0 Å². The van der Waals surface area contributed by atoms with Gasteiger partial charge in [0.15, 0.2) is 0 Å². The van der Waals surface area contributed by atoms with E-state index in [2.05, 4.69) is 12.2 Å². The van der Waals surface area contributed by atoms with Crippen LogP contribution in [0.15, 0.2) is 0 Å². The highest BCUT2D eigenvalue weighted by Gasteiger charge is 2.29. The largest absolute Gasteiger partial charge is 0.342 e. The lowest BCUT2D eigenvalue weighted by Gasteiger charge is -2.25. The molecule has 0 aromatic rings. The number of rotatable bonds is 5. The molecular formula is C15H28N2O. The summed E-state index contributed by atoms with van der Waals surface area (Å²) in [5, 5.41) is 3.45. The summed E-state index contributed by atoms with van der Waals surface area (Å²) in [7, 11) is 1.94. The Bertz CT molecular complexity index is 268. The van der Waals surface area contributed by atoms with Crippen molar-refractivity contribution in [2.75, 3.05) is 13.6 Å². The average Bonchev–Trinajstić information content (AvgIpc) is 3.19. The van der Waals surface area contributed by atoms with Gasteiger partial charge < -0.3 is 10.2 Å².